The van der Waals surface area contributed by atoms with Crippen molar-refractivity contribution in [2.75, 3.05) is 24.6 Å². The average Bonchev–Trinajstić information content (AvgIpc) is 2.79. The molecule has 0 amide bonds. The Labute approximate surface area is 103 Å². The zero-order valence-corrected chi connectivity index (χ0v) is 11.1. The van der Waals surface area contributed by atoms with E-state index < -0.39 is 10.0 Å². The molecule has 2 rings (SSSR count). The van der Waals surface area contributed by atoms with Crippen LogP contribution in [0.2, 0.25) is 0 Å². The average molecular weight is 279 g/mol. The van der Waals surface area contributed by atoms with Gasteiger partial charge < -0.3 is 5.11 Å². The summed E-state index contributed by atoms with van der Waals surface area (Å²) in [6, 6.07) is 1.56. The zero-order chi connectivity index (χ0) is 11.6. The van der Waals surface area contributed by atoms with Crippen LogP contribution in [-0.4, -0.2) is 42.4 Å². The Kier molecular flexibility index (Phi) is 3.91. The van der Waals surface area contributed by atoms with Gasteiger partial charge in [-0.2, -0.15) is 16.1 Å². The van der Waals surface area contributed by atoms with Crippen LogP contribution in [0.25, 0.3) is 0 Å². The maximum absolute atomic E-state index is 12.2. The topological polar surface area (TPSA) is 57.6 Å². The smallest absolute Gasteiger partial charge is 0.243 e. The number of aliphatic hydroxyl groups excluding tert-OH is 1. The Balaban J connectivity index is 2.23. The van der Waals surface area contributed by atoms with Gasteiger partial charge in [-0.05, 0) is 6.07 Å². The second-order valence-corrected chi connectivity index (χ2v) is 7.58. The van der Waals surface area contributed by atoms with Gasteiger partial charge in [0.25, 0.3) is 0 Å². The molecule has 0 atom stereocenters. The van der Waals surface area contributed by atoms with Gasteiger partial charge in [0.05, 0.1) is 11.5 Å². The Morgan fingerprint density at radius 2 is 2.06 bits per heavy atom. The van der Waals surface area contributed by atoms with E-state index in [0.29, 0.717) is 22.9 Å². The Hall–Kier alpha value is -0.0800. The fraction of sp³-hybridized carbons (Fsp3) is 0.556. The predicted octanol–water partition coefficient (Wildman–Crippen LogP) is 0.978. The highest BCUT2D eigenvalue weighted by atomic mass is 32.2. The first kappa shape index (κ1) is 12.4. The van der Waals surface area contributed by atoms with E-state index in [2.05, 4.69) is 0 Å². The van der Waals surface area contributed by atoms with Crippen LogP contribution in [0, 0.1) is 0 Å². The first-order valence-corrected chi connectivity index (χ1v) is 8.38. The molecule has 1 aliphatic heterocycles. The van der Waals surface area contributed by atoms with Crippen LogP contribution in [0.4, 0.5) is 0 Å². The summed E-state index contributed by atoms with van der Waals surface area (Å²) in [6.45, 7) is 1.06. The standard InChI is InChI=1S/C9H13NO3S3/c11-6-8-5-9(7-15-8)16(12,13)10-1-3-14-4-2-10/h5,7,11H,1-4,6H2. The van der Waals surface area contributed by atoms with Crippen LogP contribution in [0.15, 0.2) is 16.3 Å². The number of thioether (sulfide) groups is 1. The summed E-state index contributed by atoms with van der Waals surface area (Å²) in [6.07, 6.45) is 0. The summed E-state index contributed by atoms with van der Waals surface area (Å²) in [5.74, 6) is 1.71. The normalized spacial score (nSPS) is 18.8. The van der Waals surface area contributed by atoms with Gasteiger partial charge in [-0.3, -0.25) is 0 Å². The summed E-state index contributed by atoms with van der Waals surface area (Å²) in [4.78, 5) is 0.999. The highest BCUT2D eigenvalue weighted by Gasteiger charge is 2.26. The van der Waals surface area contributed by atoms with Crippen LogP contribution in [0.3, 0.4) is 0 Å². The van der Waals surface area contributed by atoms with Crippen LogP contribution in [0.5, 0.6) is 0 Å². The van der Waals surface area contributed by atoms with Crippen LogP contribution >= 0.6 is 23.1 Å². The van der Waals surface area contributed by atoms with Crippen molar-refractivity contribution in [3.05, 3.63) is 16.3 Å². The van der Waals surface area contributed by atoms with Crippen molar-refractivity contribution in [3.8, 4) is 0 Å². The van der Waals surface area contributed by atoms with Gasteiger partial charge in [0.2, 0.25) is 10.0 Å². The van der Waals surface area contributed by atoms with Gasteiger partial charge in [-0.15, -0.1) is 11.3 Å². The molecule has 0 unspecified atom stereocenters. The minimum Gasteiger partial charge on any atom is -0.391 e. The SMILES string of the molecule is O=S(=O)(c1csc(CO)c1)N1CCSCC1. The molecule has 1 saturated heterocycles. The largest absolute Gasteiger partial charge is 0.391 e. The van der Waals surface area contributed by atoms with Crippen LogP contribution < -0.4 is 0 Å². The first-order valence-electron chi connectivity index (χ1n) is 4.91. The Morgan fingerprint density at radius 3 is 2.62 bits per heavy atom. The molecule has 4 nitrogen and oxygen atoms in total. The number of thiophene rings is 1. The van der Waals surface area contributed by atoms with Gasteiger partial charge >= 0.3 is 0 Å². The molecule has 7 heteroatoms. The van der Waals surface area contributed by atoms with E-state index in [1.807, 2.05) is 0 Å². The maximum atomic E-state index is 12.2. The van der Waals surface area contributed by atoms with E-state index in [4.69, 9.17) is 5.11 Å². The molecule has 1 aromatic rings. The lowest BCUT2D eigenvalue weighted by atomic mass is 10.5. The molecule has 1 N–H and O–H groups in total. The molecule has 0 saturated carbocycles. The molecule has 1 aromatic heterocycles. The predicted molar refractivity (Wildman–Crippen MR) is 66.3 cm³/mol. The lowest BCUT2D eigenvalue weighted by molar-refractivity contribution is 0.285. The van der Waals surface area contributed by atoms with Gasteiger partial charge in [-0.1, -0.05) is 0 Å². The lowest BCUT2D eigenvalue weighted by Gasteiger charge is -2.24. The quantitative estimate of drug-likeness (QED) is 0.896. The lowest BCUT2D eigenvalue weighted by Crippen LogP contribution is -2.37. The van der Waals surface area contributed by atoms with Crippen LogP contribution in [0.1, 0.15) is 4.88 Å². The number of hydrogen-bond acceptors (Lipinski definition) is 5. The molecule has 0 aromatic carbocycles. The molecule has 1 fully saturated rings. The van der Waals surface area contributed by atoms with Gasteiger partial charge in [0.1, 0.15) is 0 Å². The van der Waals surface area contributed by atoms with Crippen molar-refractivity contribution >= 4 is 33.1 Å². The van der Waals surface area contributed by atoms with E-state index in [-0.39, 0.29) is 6.61 Å². The van der Waals surface area contributed by atoms with Crippen LogP contribution in [-0.2, 0) is 16.6 Å². The maximum Gasteiger partial charge on any atom is 0.243 e. The van der Waals surface area contributed by atoms with Crippen molar-refractivity contribution in [1.29, 1.82) is 0 Å². The molecule has 16 heavy (non-hydrogen) atoms. The van der Waals surface area contributed by atoms with Crippen molar-refractivity contribution in [3.63, 3.8) is 0 Å². The monoisotopic (exact) mass is 279 g/mol. The Bertz CT molecular complexity index is 448. The van der Waals surface area contributed by atoms with Crippen molar-refractivity contribution < 1.29 is 13.5 Å². The fourth-order valence-corrected chi connectivity index (χ4v) is 5.21. The van der Waals surface area contributed by atoms with Crippen molar-refractivity contribution in [2.45, 2.75) is 11.5 Å². The molecule has 90 valence electrons. The molecule has 0 bridgehead atoms. The third-order valence-electron chi connectivity index (χ3n) is 2.39. The van der Waals surface area contributed by atoms with E-state index in [1.54, 1.807) is 23.2 Å². The summed E-state index contributed by atoms with van der Waals surface area (Å²) in [7, 11) is -3.33. The molecule has 0 aliphatic carbocycles. The molecular formula is C9H13NO3S3. The third kappa shape index (κ3) is 2.43. The third-order valence-corrected chi connectivity index (χ3v) is 6.28. The number of sulfonamides is 1. The second kappa shape index (κ2) is 5.05. The Morgan fingerprint density at radius 1 is 1.38 bits per heavy atom. The highest BCUT2D eigenvalue weighted by molar-refractivity contribution is 7.99. The number of aliphatic hydroxyl groups is 1. The number of rotatable bonds is 3. The number of nitrogens with zero attached hydrogens (tertiary/aromatic N) is 1. The molecular weight excluding hydrogens is 266 g/mol. The minimum absolute atomic E-state index is 0.101. The summed E-state index contributed by atoms with van der Waals surface area (Å²) < 4.78 is 25.8. The first-order chi connectivity index (χ1) is 7.64. The van der Waals surface area contributed by atoms with E-state index in [1.165, 1.54) is 15.6 Å². The number of hydrogen-bond donors (Lipinski definition) is 1. The molecule has 1 aliphatic rings. The second-order valence-electron chi connectivity index (χ2n) is 3.42. The fourth-order valence-electron chi connectivity index (χ4n) is 1.51. The van der Waals surface area contributed by atoms with Gasteiger partial charge in [0.15, 0.2) is 0 Å². The van der Waals surface area contributed by atoms with Crippen molar-refractivity contribution in [1.82, 2.24) is 4.31 Å². The van der Waals surface area contributed by atoms with E-state index in [9.17, 15) is 8.42 Å². The zero-order valence-electron chi connectivity index (χ0n) is 8.63. The minimum atomic E-state index is -3.33. The molecule has 0 radical (unpaired) electrons. The summed E-state index contributed by atoms with van der Waals surface area (Å²) >= 11 is 3.06. The molecule has 2 heterocycles. The molecule has 0 spiro atoms. The summed E-state index contributed by atoms with van der Waals surface area (Å²) in [5.41, 5.74) is 0. The van der Waals surface area contributed by atoms with Gasteiger partial charge in [-0.25, -0.2) is 8.42 Å². The van der Waals surface area contributed by atoms with Gasteiger partial charge in [0, 0.05) is 34.9 Å². The highest BCUT2D eigenvalue weighted by Crippen LogP contribution is 2.24. The van der Waals surface area contributed by atoms with Crippen molar-refractivity contribution in [2.24, 2.45) is 0 Å². The van der Waals surface area contributed by atoms with E-state index in [0.717, 1.165) is 11.5 Å². The summed E-state index contributed by atoms with van der Waals surface area (Å²) in [5, 5.41) is 10.5. The van der Waals surface area contributed by atoms with E-state index >= 15 is 0 Å².